The van der Waals surface area contributed by atoms with E-state index >= 15 is 0 Å². The van der Waals surface area contributed by atoms with Crippen molar-refractivity contribution in [2.24, 2.45) is 0 Å². The first-order valence-electron chi connectivity index (χ1n) is 8.05. The molecule has 1 N–H and O–H groups in total. The molecule has 140 valence electrons. The first-order valence-corrected chi connectivity index (χ1v) is 9.04. The number of thioether (sulfide) groups is 1. The lowest BCUT2D eigenvalue weighted by Crippen LogP contribution is -2.16. The molecule has 10 heteroatoms. The Morgan fingerprint density at radius 1 is 1.42 bits per heavy atom. The molecular formula is C16H21N5O4S. The minimum atomic E-state index is -0.562. The number of nitro groups is 1. The van der Waals surface area contributed by atoms with Crippen LogP contribution in [0.2, 0.25) is 0 Å². The number of benzene rings is 1. The van der Waals surface area contributed by atoms with Gasteiger partial charge in [0.2, 0.25) is 5.91 Å². The van der Waals surface area contributed by atoms with Gasteiger partial charge in [0.05, 0.1) is 23.9 Å². The molecule has 0 unspecified atom stereocenters. The highest BCUT2D eigenvalue weighted by Crippen LogP contribution is 2.29. The molecule has 9 nitrogen and oxygen atoms in total. The van der Waals surface area contributed by atoms with E-state index in [2.05, 4.69) is 15.5 Å². The first kappa shape index (κ1) is 19.7. The van der Waals surface area contributed by atoms with Gasteiger partial charge in [-0.25, -0.2) is 0 Å². The van der Waals surface area contributed by atoms with Crippen molar-refractivity contribution in [3.63, 3.8) is 0 Å². The lowest BCUT2D eigenvalue weighted by atomic mass is 10.2. The number of rotatable bonds is 8. The highest BCUT2D eigenvalue weighted by atomic mass is 32.2. The summed E-state index contributed by atoms with van der Waals surface area (Å²) >= 11 is 1.24. The van der Waals surface area contributed by atoms with E-state index in [1.54, 1.807) is 6.07 Å². The normalized spacial score (nSPS) is 10.8. The number of hydrogen-bond acceptors (Lipinski definition) is 7. The predicted octanol–water partition coefficient (Wildman–Crippen LogP) is 3.07. The smallest absolute Gasteiger partial charge is 0.296 e. The highest BCUT2D eigenvalue weighted by molar-refractivity contribution is 7.99. The number of anilines is 1. The largest absolute Gasteiger partial charge is 0.496 e. The van der Waals surface area contributed by atoms with E-state index in [0.717, 1.165) is 5.82 Å². The Morgan fingerprint density at radius 3 is 2.73 bits per heavy atom. The molecule has 1 aromatic heterocycles. The van der Waals surface area contributed by atoms with Crippen molar-refractivity contribution >= 4 is 29.0 Å². The Hall–Kier alpha value is -2.62. The zero-order chi connectivity index (χ0) is 19.3. The number of nitrogens with zero attached hydrogens (tertiary/aromatic N) is 4. The molecule has 0 atom stereocenters. The van der Waals surface area contributed by atoms with Crippen molar-refractivity contribution in [3.8, 4) is 5.75 Å². The van der Waals surface area contributed by atoms with Gasteiger partial charge in [0.15, 0.2) is 5.16 Å². The van der Waals surface area contributed by atoms with Gasteiger partial charge in [0.25, 0.3) is 5.69 Å². The molecule has 0 radical (unpaired) electrons. The second kappa shape index (κ2) is 8.65. The van der Waals surface area contributed by atoms with Crippen LogP contribution >= 0.6 is 11.8 Å². The van der Waals surface area contributed by atoms with Crippen molar-refractivity contribution < 1.29 is 14.5 Å². The second-order valence-corrected chi connectivity index (χ2v) is 6.66. The average Bonchev–Trinajstić information content (AvgIpc) is 3.03. The molecule has 1 heterocycles. The van der Waals surface area contributed by atoms with Gasteiger partial charge in [-0.05, 0) is 19.1 Å². The molecule has 0 fully saturated rings. The third kappa shape index (κ3) is 4.51. The summed E-state index contributed by atoms with van der Waals surface area (Å²) in [6.07, 6.45) is 0. The maximum absolute atomic E-state index is 12.2. The summed E-state index contributed by atoms with van der Waals surface area (Å²) in [6.45, 7) is 6.74. The number of nitro benzene ring substituents is 1. The SMILES string of the molecule is CCn1c(SCC(=O)Nc2ccc(OC)cc2[N+](=O)[O-])nnc1C(C)C. The van der Waals surface area contributed by atoms with E-state index in [1.807, 2.05) is 25.3 Å². The van der Waals surface area contributed by atoms with Crippen LogP contribution in [-0.4, -0.2) is 38.5 Å². The fourth-order valence-corrected chi connectivity index (χ4v) is 3.15. The second-order valence-electron chi connectivity index (χ2n) is 5.72. The number of methoxy groups -OCH3 is 1. The van der Waals surface area contributed by atoms with Crippen LogP contribution in [0.3, 0.4) is 0 Å². The number of nitrogens with one attached hydrogen (secondary N) is 1. The average molecular weight is 379 g/mol. The third-order valence-electron chi connectivity index (χ3n) is 3.59. The Balaban J connectivity index is 2.07. The van der Waals surface area contributed by atoms with Gasteiger partial charge in [-0.15, -0.1) is 10.2 Å². The van der Waals surface area contributed by atoms with Crippen molar-refractivity contribution in [2.75, 3.05) is 18.2 Å². The number of hydrogen-bond donors (Lipinski definition) is 1. The van der Waals surface area contributed by atoms with E-state index in [0.29, 0.717) is 17.5 Å². The van der Waals surface area contributed by atoms with Crippen molar-refractivity contribution in [2.45, 2.75) is 38.4 Å². The van der Waals surface area contributed by atoms with Gasteiger partial charge in [-0.3, -0.25) is 14.9 Å². The van der Waals surface area contributed by atoms with Crippen molar-refractivity contribution in [1.82, 2.24) is 14.8 Å². The predicted molar refractivity (Wildman–Crippen MR) is 98.8 cm³/mol. The van der Waals surface area contributed by atoms with E-state index in [1.165, 1.54) is 31.0 Å². The van der Waals surface area contributed by atoms with E-state index < -0.39 is 4.92 Å². The molecule has 2 aromatic rings. The zero-order valence-corrected chi connectivity index (χ0v) is 15.9. The molecule has 0 spiro atoms. The Morgan fingerprint density at radius 2 is 2.15 bits per heavy atom. The molecule has 26 heavy (non-hydrogen) atoms. The Bertz CT molecular complexity index is 806. The quantitative estimate of drug-likeness (QED) is 0.426. The molecule has 0 saturated heterocycles. The van der Waals surface area contributed by atoms with Crippen LogP contribution in [0.15, 0.2) is 23.4 Å². The number of carbonyl (C=O) groups is 1. The van der Waals surface area contributed by atoms with Gasteiger partial charge in [0.1, 0.15) is 17.3 Å². The molecule has 0 aliphatic heterocycles. The van der Waals surface area contributed by atoms with Crippen LogP contribution in [0.5, 0.6) is 5.75 Å². The molecule has 2 rings (SSSR count). The van der Waals surface area contributed by atoms with Gasteiger partial charge in [-0.1, -0.05) is 25.6 Å². The van der Waals surface area contributed by atoms with E-state index in [9.17, 15) is 14.9 Å². The summed E-state index contributed by atoms with van der Waals surface area (Å²) in [5.41, 5.74) is -0.0947. The molecule has 0 saturated carbocycles. The lowest BCUT2D eigenvalue weighted by molar-refractivity contribution is -0.384. The molecule has 0 bridgehead atoms. The number of aromatic nitrogens is 3. The van der Waals surface area contributed by atoms with Gasteiger partial charge >= 0.3 is 0 Å². The molecule has 0 aliphatic rings. The minimum absolute atomic E-state index is 0.0689. The third-order valence-corrected chi connectivity index (χ3v) is 4.55. The Kier molecular flexibility index (Phi) is 6.56. The van der Waals surface area contributed by atoms with Gasteiger partial charge in [-0.2, -0.15) is 0 Å². The van der Waals surface area contributed by atoms with Crippen LogP contribution in [0.4, 0.5) is 11.4 Å². The van der Waals surface area contributed by atoms with Crippen LogP contribution in [0.1, 0.15) is 32.5 Å². The standard InChI is InChI=1S/C16H21N5O4S/c1-5-20-15(10(2)3)18-19-16(20)26-9-14(22)17-12-7-6-11(25-4)8-13(12)21(23)24/h6-8,10H,5,9H2,1-4H3,(H,17,22). The first-order chi connectivity index (χ1) is 12.4. The lowest BCUT2D eigenvalue weighted by Gasteiger charge is -2.09. The fraction of sp³-hybridized carbons (Fsp3) is 0.438. The minimum Gasteiger partial charge on any atom is -0.496 e. The summed E-state index contributed by atoms with van der Waals surface area (Å²) < 4.78 is 6.93. The highest BCUT2D eigenvalue weighted by Gasteiger charge is 2.19. The molecule has 0 aliphatic carbocycles. The van der Waals surface area contributed by atoms with Crippen molar-refractivity contribution in [1.29, 1.82) is 0 Å². The van der Waals surface area contributed by atoms with Gasteiger partial charge in [0, 0.05) is 12.5 Å². The van der Waals surface area contributed by atoms with Crippen molar-refractivity contribution in [3.05, 3.63) is 34.1 Å². The van der Waals surface area contributed by atoms with Crippen LogP contribution < -0.4 is 10.1 Å². The Labute approximate surface area is 155 Å². The fourth-order valence-electron chi connectivity index (χ4n) is 2.34. The maximum Gasteiger partial charge on any atom is 0.296 e. The molecule has 1 aromatic carbocycles. The van der Waals surface area contributed by atoms with Crippen LogP contribution in [0.25, 0.3) is 0 Å². The monoisotopic (exact) mass is 379 g/mol. The summed E-state index contributed by atoms with van der Waals surface area (Å²) in [5.74, 6) is 1.15. The number of amides is 1. The maximum atomic E-state index is 12.2. The molecular weight excluding hydrogens is 358 g/mol. The summed E-state index contributed by atoms with van der Waals surface area (Å²) in [7, 11) is 1.42. The zero-order valence-electron chi connectivity index (χ0n) is 15.1. The topological polar surface area (TPSA) is 112 Å². The molecule has 1 amide bonds. The van der Waals surface area contributed by atoms with Crippen LogP contribution in [-0.2, 0) is 11.3 Å². The number of ether oxygens (including phenoxy) is 1. The number of carbonyl (C=O) groups excluding carboxylic acids is 1. The van der Waals surface area contributed by atoms with E-state index in [4.69, 9.17) is 4.74 Å². The summed E-state index contributed by atoms with van der Waals surface area (Å²) in [6, 6.07) is 4.27. The van der Waals surface area contributed by atoms with E-state index in [-0.39, 0.29) is 29.0 Å². The van der Waals surface area contributed by atoms with Crippen LogP contribution in [0, 0.1) is 10.1 Å². The van der Waals surface area contributed by atoms with Gasteiger partial charge < -0.3 is 14.6 Å². The summed E-state index contributed by atoms with van der Waals surface area (Å²) in [5, 5.41) is 22.7. The summed E-state index contributed by atoms with van der Waals surface area (Å²) in [4.78, 5) is 22.8.